The molecule has 4 rings (SSSR count). The summed E-state index contributed by atoms with van der Waals surface area (Å²) < 4.78 is 1.00. The molecule has 0 radical (unpaired) electrons. The van der Waals surface area contributed by atoms with Crippen LogP contribution in [0.25, 0.3) is 21.5 Å². The van der Waals surface area contributed by atoms with Crippen molar-refractivity contribution in [2.75, 3.05) is 0 Å². The van der Waals surface area contributed by atoms with Crippen molar-refractivity contribution in [3.8, 4) is 11.3 Å². The highest BCUT2D eigenvalue weighted by Crippen LogP contribution is 2.31. The van der Waals surface area contributed by atoms with Crippen molar-refractivity contribution < 1.29 is 4.79 Å². The minimum atomic E-state index is -0.763. The first-order chi connectivity index (χ1) is 12.2. The number of nitrogens with zero attached hydrogens (tertiary/aromatic N) is 3. The highest BCUT2D eigenvalue weighted by molar-refractivity contribution is 7.18. The van der Waals surface area contributed by atoms with E-state index in [1.807, 2.05) is 60.7 Å². The maximum Gasteiger partial charge on any atom is 0.235 e. The van der Waals surface area contributed by atoms with Gasteiger partial charge in [0.2, 0.25) is 5.91 Å². The molecule has 0 saturated heterocycles. The lowest BCUT2D eigenvalue weighted by Gasteiger charge is -2.10. The van der Waals surface area contributed by atoms with Gasteiger partial charge in [0.25, 0.3) is 0 Å². The Morgan fingerprint density at radius 1 is 0.960 bits per heavy atom. The highest BCUT2D eigenvalue weighted by atomic mass is 32.1. The molecule has 0 fully saturated rings. The molecule has 5 nitrogen and oxygen atoms in total. The van der Waals surface area contributed by atoms with E-state index in [1.54, 1.807) is 6.20 Å². The molecule has 2 heterocycles. The van der Waals surface area contributed by atoms with E-state index < -0.39 is 11.8 Å². The fourth-order valence-corrected chi connectivity index (χ4v) is 3.73. The zero-order chi connectivity index (χ0) is 17.2. The Kier molecular flexibility index (Phi) is 3.95. The molecule has 122 valence electrons. The van der Waals surface area contributed by atoms with E-state index in [0.29, 0.717) is 10.8 Å². The second-order valence-electron chi connectivity index (χ2n) is 5.52. The second kappa shape index (κ2) is 6.41. The first-order valence-corrected chi connectivity index (χ1v) is 8.57. The predicted molar refractivity (Wildman–Crippen MR) is 98.1 cm³/mol. The van der Waals surface area contributed by atoms with Crippen LogP contribution < -0.4 is 5.73 Å². The van der Waals surface area contributed by atoms with Crippen molar-refractivity contribution in [3.05, 3.63) is 77.7 Å². The van der Waals surface area contributed by atoms with Crippen molar-refractivity contribution in [1.29, 1.82) is 0 Å². The number of primary amides is 1. The third kappa shape index (κ3) is 2.99. The van der Waals surface area contributed by atoms with Crippen molar-refractivity contribution in [2.45, 2.75) is 5.92 Å². The summed E-state index contributed by atoms with van der Waals surface area (Å²) >= 11 is 1.44. The summed E-state index contributed by atoms with van der Waals surface area (Å²) in [6.45, 7) is 0. The van der Waals surface area contributed by atoms with Crippen molar-refractivity contribution >= 4 is 27.5 Å². The monoisotopic (exact) mass is 346 g/mol. The highest BCUT2D eigenvalue weighted by Gasteiger charge is 2.27. The molecule has 0 bridgehead atoms. The van der Waals surface area contributed by atoms with Crippen LogP contribution in [-0.4, -0.2) is 20.9 Å². The predicted octanol–water partition coefficient (Wildman–Crippen LogP) is 3.37. The molecular formula is C19H14N4OS. The number of rotatable bonds is 4. The minimum absolute atomic E-state index is 0.368. The third-order valence-electron chi connectivity index (χ3n) is 3.84. The number of hydrogen-bond donors (Lipinski definition) is 1. The molecule has 6 heteroatoms. The van der Waals surface area contributed by atoms with Crippen LogP contribution in [0, 0.1) is 0 Å². The van der Waals surface area contributed by atoms with Crippen molar-refractivity contribution in [3.63, 3.8) is 0 Å². The van der Waals surface area contributed by atoms with Crippen LogP contribution in [-0.2, 0) is 4.79 Å². The summed E-state index contributed by atoms with van der Waals surface area (Å²) in [5, 5.41) is 0.610. The smallest absolute Gasteiger partial charge is 0.235 e. The number of amides is 1. The average molecular weight is 346 g/mol. The molecule has 1 atom stereocenters. The standard InChI is InChI=1S/C19H14N4OS/c20-17(24)16(19-23-14-8-4-5-9-15(14)25-19)18-21-11-10-13(22-18)12-6-2-1-3-7-12/h1-11,16H,(H2,20,24). The lowest BCUT2D eigenvalue weighted by Crippen LogP contribution is -2.24. The molecule has 1 amide bonds. The van der Waals surface area contributed by atoms with Crippen LogP contribution >= 0.6 is 11.3 Å². The van der Waals surface area contributed by atoms with Crippen LogP contribution in [0.2, 0.25) is 0 Å². The van der Waals surface area contributed by atoms with Gasteiger partial charge in [-0.15, -0.1) is 11.3 Å². The molecule has 2 aromatic heterocycles. The third-order valence-corrected chi connectivity index (χ3v) is 4.95. The molecule has 0 aliphatic heterocycles. The molecule has 25 heavy (non-hydrogen) atoms. The van der Waals surface area contributed by atoms with Gasteiger partial charge in [0.15, 0.2) is 0 Å². The molecule has 1 unspecified atom stereocenters. The molecule has 0 aliphatic carbocycles. The van der Waals surface area contributed by atoms with Gasteiger partial charge in [-0.05, 0) is 18.2 Å². The fraction of sp³-hybridized carbons (Fsp3) is 0.0526. The van der Waals surface area contributed by atoms with E-state index >= 15 is 0 Å². The lowest BCUT2D eigenvalue weighted by molar-refractivity contribution is -0.118. The van der Waals surface area contributed by atoms with Gasteiger partial charge in [-0.2, -0.15) is 0 Å². The van der Waals surface area contributed by atoms with E-state index in [4.69, 9.17) is 5.73 Å². The topological polar surface area (TPSA) is 81.8 Å². The van der Waals surface area contributed by atoms with Crippen molar-refractivity contribution in [1.82, 2.24) is 15.0 Å². The summed E-state index contributed by atoms with van der Waals surface area (Å²) in [4.78, 5) is 25.5. The van der Waals surface area contributed by atoms with Gasteiger partial charge in [0, 0.05) is 11.8 Å². The summed E-state index contributed by atoms with van der Waals surface area (Å²) in [6.07, 6.45) is 1.65. The number of thiazole rings is 1. The van der Waals surface area contributed by atoms with Crippen LogP contribution in [0.15, 0.2) is 66.9 Å². The summed E-state index contributed by atoms with van der Waals surface area (Å²) in [5.74, 6) is -0.904. The zero-order valence-corrected chi connectivity index (χ0v) is 14.0. The molecule has 2 N–H and O–H groups in total. The quantitative estimate of drug-likeness (QED) is 0.614. The Labute approximate surface area is 148 Å². The summed E-state index contributed by atoms with van der Waals surface area (Å²) in [5.41, 5.74) is 8.21. The molecule has 0 saturated carbocycles. The number of carbonyl (C=O) groups is 1. The summed E-state index contributed by atoms with van der Waals surface area (Å²) in [7, 11) is 0. The van der Waals surface area contributed by atoms with Gasteiger partial charge in [-0.25, -0.2) is 15.0 Å². The van der Waals surface area contributed by atoms with Gasteiger partial charge >= 0.3 is 0 Å². The molecule has 0 aliphatic rings. The van der Waals surface area contributed by atoms with E-state index in [9.17, 15) is 4.79 Å². The van der Waals surface area contributed by atoms with Crippen LogP contribution in [0.4, 0.5) is 0 Å². The minimum Gasteiger partial charge on any atom is -0.369 e. The number of nitrogens with two attached hydrogens (primary N) is 1. The van der Waals surface area contributed by atoms with Gasteiger partial charge in [-0.1, -0.05) is 42.5 Å². The molecular weight excluding hydrogens is 332 g/mol. The fourth-order valence-electron chi connectivity index (χ4n) is 2.66. The Bertz CT molecular complexity index is 1010. The Morgan fingerprint density at radius 3 is 2.48 bits per heavy atom. The number of carbonyl (C=O) groups excluding carboxylic acids is 1. The first-order valence-electron chi connectivity index (χ1n) is 7.75. The number of para-hydroxylation sites is 1. The number of benzene rings is 2. The summed E-state index contributed by atoms with van der Waals surface area (Å²) in [6, 6.07) is 19.3. The van der Waals surface area contributed by atoms with Crippen LogP contribution in [0.5, 0.6) is 0 Å². The normalized spacial score (nSPS) is 12.2. The number of fused-ring (bicyclic) bond motifs is 1. The molecule has 4 aromatic rings. The lowest BCUT2D eigenvalue weighted by atomic mass is 10.1. The maximum atomic E-state index is 12.1. The maximum absolute atomic E-state index is 12.1. The number of aromatic nitrogens is 3. The SMILES string of the molecule is NC(=O)C(c1nccc(-c2ccccc2)n1)c1nc2ccccc2s1. The van der Waals surface area contributed by atoms with E-state index in [0.717, 1.165) is 21.5 Å². The van der Waals surface area contributed by atoms with Gasteiger partial charge in [0.05, 0.1) is 15.9 Å². The van der Waals surface area contributed by atoms with E-state index in [1.165, 1.54) is 11.3 Å². The van der Waals surface area contributed by atoms with Gasteiger partial charge in [-0.3, -0.25) is 4.79 Å². The zero-order valence-electron chi connectivity index (χ0n) is 13.2. The van der Waals surface area contributed by atoms with Crippen LogP contribution in [0.1, 0.15) is 16.7 Å². The molecule has 0 spiro atoms. The number of hydrogen-bond acceptors (Lipinski definition) is 5. The Balaban J connectivity index is 1.80. The van der Waals surface area contributed by atoms with E-state index in [2.05, 4.69) is 15.0 Å². The molecule has 2 aromatic carbocycles. The van der Waals surface area contributed by atoms with Crippen LogP contribution in [0.3, 0.4) is 0 Å². The van der Waals surface area contributed by atoms with Crippen molar-refractivity contribution in [2.24, 2.45) is 5.73 Å². The average Bonchev–Trinajstić information content (AvgIpc) is 3.06. The largest absolute Gasteiger partial charge is 0.369 e. The van der Waals surface area contributed by atoms with Gasteiger partial charge < -0.3 is 5.73 Å². The van der Waals surface area contributed by atoms with E-state index in [-0.39, 0.29) is 0 Å². The Morgan fingerprint density at radius 2 is 1.72 bits per heavy atom. The Hall–Kier alpha value is -3.12. The first kappa shape index (κ1) is 15.4. The second-order valence-corrected chi connectivity index (χ2v) is 6.58. The van der Waals surface area contributed by atoms with Gasteiger partial charge in [0.1, 0.15) is 16.7 Å².